The third kappa shape index (κ3) is 1.81. The maximum absolute atomic E-state index is 7.76. The normalized spacial score (nSPS) is 24.6. The molecule has 1 heterocycles. The Morgan fingerprint density at radius 1 is 1.58 bits per heavy atom. The summed E-state index contributed by atoms with van der Waals surface area (Å²) >= 11 is 0. The second-order valence-corrected chi connectivity index (χ2v) is 3.34. The van der Waals surface area contributed by atoms with E-state index in [1.807, 2.05) is 20.1 Å². The Labute approximate surface area is 73.9 Å². The summed E-state index contributed by atoms with van der Waals surface area (Å²) in [6.07, 6.45) is 3.91. The molecule has 0 amide bonds. The van der Waals surface area contributed by atoms with Gasteiger partial charge in [-0.25, -0.2) is 0 Å². The molecule has 0 saturated heterocycles. The summed E-state index contributed by atoms with van der Waals surface area (Å²) in [6.45, 7) is 6.09. The minimum atomic E-state index is 0.463. The maximum Gasteiger partial charge on any atom is 0.0415 e. The Hall–Kier alpha value is -0.920. The van der Waals surface area contributed by atoms with Gasteiger partial charge >= 0.3 is 0 Å². The monoisotopic (exact) mass is 164 g/mol. The highest BCUT2D eigenvalue weighted by molar-refractivity contribution is 6.00. The van der Waals surface area contributed by atoms with Crippen molar-refractivity contribution in [3.05, 3.63) is 11.3 Å². The van der Waals surface area contributed by atoms with Crippen molar-refractivity contribution in [2.24, 2.45) is 10.9 Å². The summed E-state index contributed by atoms with van der Waals surface area (Å²) in [5.74, 6) is 0.463. The standard InChI is InChI=1S/C10H16N2/c1-4-9-5-10(11)7(2)8(3)12-6-9/h6,9,11H,4-5H2,1-3H3. The Morgan fingerprint density at radius 2 is 2.25 bits per heavy atom. The molecule has 0 aromatic carbocycles. The first-order valence-corrected chi connectivity index (χ1v) is 4.44. The quantitative estimate of drug-likeness (QED) is 0.618. The zero-order valence-electron chi connectivity index (χ0n) is 8.02. The van der Waals surface area contributed by atoms with Crippen LogP contribution in [0.4, 0.5) is 0 Å². The largest absolute Gasteiger partial charge is 0.305 e. The molecule has 1 unspecified atom stereocenters. The molecular formula is C10H16N2. The fourth-order valence-corrected chi connectivity index (χ4v) is 1.25. The van der Waals surface area contributed by atoms with Gasteiger partial charge in [0.2, 0.25) is 0 Å². The molecule has 0 bridgehead atoms. The van der Waals surface area contributed by atoms with Gasteiger partial charge in [0.05, 0.1) is 0 Å². The van der Waals surface area contributed by atoms with Crippen molar-refractivity contribution in [2.45, 2.75) is 33.6 Å². The van der Waals surface area contributed by atoms with Crippen LogP contribution in [-0.2, 0) is 0 Å². The first kappa shape index (κ1) is 9.17. The molecule has 0 aromatic rings. The molecule has 1 aliphatic rings. The lowest BCUT2D eigenvalue weighted by molar-refractivity contribution is 0.709. The van der Waals surface area contributed by atoms with Crippen molar-refractivity contribution >= 4 is 11.9 Å². The van der Waals surface area contributed by atoms with Crippen LogP contribution in [0.3, 0.4) is 0 Å². The molecule has 1 N–H and O–H groups in total. The molecule has 0 saturated carbocycles. The lowest BCUT2D eigenvalue weighted by Gasteiger charge is -2.06. The fraction of sp³-hybridized carbons (Fsp3) is 0.600. The molecule has 0 fully saturated rings. The van der Waals surface area contributed by atoms with Crippen molar-refractivity contribution < 1.29 is 0 Å². The molecule has 1 rings (SSSR count). The van der Waals surface area contributed by atoms with Gasteiger partial charge in [0.15, 0.2) is 0 Å². The van der Waals surface area contributed by atoms with E-state index in [1.165, 1.54) is 0 Å². The molecule has 1 atom stereocenters. The lowest BCUT2D eigenvalue weighted by atomic mass is 9.98. The Morgan fingerprint density at radius 3 is 2.83 bits per heavy atom. The summed E-state index contributed by atoms with van der Waals surface area (Å²) in [7, 11) is 0. The van der Waals surface area contributed by atoms with Gasteiger partial charge in [-0.05, 0) is 38.2 Å². The second-order valence-electron chi connectivity index (χ2n) is 3.34. The van der Waals surface area contributed by atoms with Gasteiger partial charge in [-0.15, -0.1) is 0 Å². The molecule has 0 spiro atoms. The summed E-state index contributed by atoms with van der Waals surface area (Å²) < 4.78 is 0. The predicted molar refractivity (Wildman–Crippen MR) is 53.0 cm³/mol. The zero-order valence-corrected chi connectivity index (χ0v) is 8.02. The predicted octanol–water partition coefficient (Wildman–Crippen LogP) is 2.80. The van der Waals surface area contributed by atoms with E-state index in [0.29, 0.717) is 5.92 Å². The van der Waals surface area contributed by atoms with Crippen LogP contribution in [0.1, 0.15) is 33.6 Å². The van der Waals surface area contributed by atoms with Crippen LogP contribution in [-0.4, -0.2) is 11.9 Å². The summed E-state index contributed by atoms with van der Waals surface area (Å²) in [5.41, 5.74) is 2.79. The number of hydrogen-bond acceptors (Lipinski definition) is 2. The van der Waals surface area contributed by atoms with Crippen LogP contribution >= 0.6 is 0 Å². The number of allylic oxidation sites excluding steroid dienone is 2. The number of nitrogens with one attached hydrogen (secondary N) is 1. The van der Waals surface area contributed by atoms with E-state index < -0.39 is 0 Å². The van der Waals surface area contributed by atoms with E-state index in [1.54, 1.807) is 0 Å². The smallest absolute Gasteiger partial charge is 0.0415 e. The third-order valence-corrected chi connectivity index (χ3v) is 2.47. The van der Waals surface area contributed by atoms with E-state index in [4.69, 9.17) is 5.41 Å². The van der Waals surface area contributed by atoms with Crippen molar-refractivity contribution in [3.8, 4) is 0 Å². The first-order valence-electron chi connectivity index (χ1n) is 4.44. The molecule has 2 heteroatoms. The molecule has 2 nitrogen and oxygen atoms in total. The highest BCUT2D eigenvalue weighted by Gasteiger charge is 2.13. The van der Waals surface area contributed by atoms with Gasteiger partial charge < -0.3 is 5.41 Å². The van der Waals surface area contributed by atoms with E-state index in [2.05, 4.69) is 11.9 Å². The molecule has 0 radical (unpaired) electrons. The van der Waals surface area contributed by atoms with Gasteiger partial charge in [0, 0.05) is 17.6 Å². The topological polar surface area (TPSA) is 36.2 Å². The molecule has 66 valence electrons. The SMILES string of the molecule is CCC1C=NC(C)=C(C)C(=N)C1. The van der Waals surface area contributed by atoms with Crippen LogP contribution in [0, 0.1) is 11.3 Å². The van der Waals surface area contributed by atoms with E-state index in [0.717, 1.165) is 29.8 Å². The molecular weight excluding hydrogens is 148 g/mol. The van der Waals surface area contributed by atoms with Crippen molar-refractivity contribution in [1.29, 1.82) is 5.41 Å². The summed E-state index contributed by atoms with van der Waals surface area (Å²) in [5, 5.41) is 7.76. The minimum Gasteiger partial charge on any atom is -0.305 e. The van der Waals surface area contributed by atoms with Crippen LogP contribution in [0.5, 0.6) is 0 Å². The molecule has 1 aliphatic heterocycles. The highest BCUT2D eigenvalue weighted by atomic mass is 14.7. The lowest BCUT2D eigenvalue weighted by Crippen LogP contribution is -2.07. The Balaban J connectivity index is 2.87. The van der Waals surface area contributed by atoms with Crippen molar-refractivity contribution in [3.63, 3.8) is 0 Å². The van der Waals surface area contributed by atoms with Crippen LogP contribution < -0.4 is 0 Å². The van der Waals surface area contributed by atoms with E-state index in [9.17, 15) is 0 Å². The van der Waals surface area contributed by atoms with Gasteiger partial charge in [-0.2, -0.15) is 0 Å². The molecule has 12 heavy (non-hydrogen) atoms. The van der Waals surface area contributed by atoms with Crippen molar-refractivity contribution in [1.82, 2.24) is 0 Å². The van der Waals surface area contributed by atoms with E-state index in [-0.39, 0.29) is 0 Å². The van der Waals surface area contributed by atoms with Gasteiger partial charge in [0.1, 0.15) is 0 Å². The third-order valence-electron chi connectivity index (χ3n) is 2.47. The van der Waals surface area contributed by atoms with Crippen molar-refractivity contribution in [2.75, 3.05) is 0 Å². The highest BCUT2D eigenvalue weighted by Crippen LogP contribution is 2.18. The van der Waals surface area contributed by atoms with Gasteiger partial charge in [0.25, 0.3) is 0 Å². The maximum atomic E-state index is 7.76. The van der Waals surface area contributed by atoms with Gasteiger partial charge in [-0.3, -0.25) is 4.99 Å². The summed E-state index contributed by atoms with van der Waals surface area (Å²) in [6, 6.07) is 0. The first-order chi connectivity index (χ1) is 5.65. The van der Waals surface area contributed by atoms with Crippen LogP contribution in [0.15, 0.2) is 16.3 Å². The summed E-state index contributed by atoms with van der Waals surface area (Å²) in [4.78, 5) is 4.32. The van der Waals surface area contributed by atoms with Crippen LogP contribution in [0.25, 0.3) is 0 Å². The molecule has 0 aliphatic carbocycles. The second kappa shape index (κ2) is 3.65. The molecule has 0 aromatic heterocycles. The average Bonchev–Trinajstić information content (AvgIpc) is 2.19. The number of rotatable bonds is 1. The fourth-order valence-electron chi connectivity index (χ4n) is 1.25. The Bertz CT molecular complexity index is 249. The minimum absolute atomic E-state index is 0.463. The van der Waals surface area contributed by atoms with Gasteiger partial charge in [-0.1, -0.05) is 6.92 Å². The Kier molecular flexibility index (Phi) is 2.79. The number of hydrogen-bond donors (Lipinski definition) is 1. The van der Waals surface area contributed by atoms with Crippen LogP contribution in [0.2, 0.25) is 0 Å². The number of aliphatic imine (C=N–C) groups is 1. The average molecular weight is 164 g/mol. The zero-order chi connectivity index (χ0) is 9.14. The number of nitrogens with zero attached hydrogens (tertiary/aromatic N) is 1. The van der Waals surface area contributed by atoms with E-state index >= 15 is 0 Å².